The normalized spacial score (nSPS) is 24.9. The second-order valence-corrected chi connectivity index (χ2v) is 4.48. The fraction of sp³-hybridized carbons (Fsp3) is 0.667. The van der Waals surface area contributed by atoms with Crippen LogP contribution in [0, 0.1) is 0 Å². The molecule has 1 aliphatic heterocycles. The van der Waals surface area contributed by atoms with Gasteiger partial charge in [-0.15, -0.1) is 0 Å². The van der Waals surface area contributed by atoms with Crippen LogP contribution in [0.5, 0.6) is 0 Å². The summed E-state index contributed by atoms with van der Waals surface area (Å²) in [5.74, 6) is 0. The third-order valence-corrected chi connectivity index (χ3v) is 3.35. The molecule has 1 fully saturated rings. The molecule has 0 bridgehead atoms. The van der Waals surface area contributed by atoms with E-state index in [9.17, 15) is 5.11 Å². The molecule has 2 nitrogen and oxygen atoms in total. The van der Waals surface area contributed by atoms with Gasteiger partial charge in [0.05, 0.1) is 5.71 Å². The minimum atomic E-state index is -0.564. The molecule has 0 spiro atoms. The van der Waals surface area contributed by atoms with Crippen LogP contribution < -0.4 is 0 Å². The number of aliphatic hydroxyl groups is 1. The fourth-order valence-electron chi connectivity index (χ4n) is 2.44. The van der Waals surface area contributed by atoms with E-state index < -0.39 is 5.60 Å². The predicted octanol–water partition coefficient (Wildman–Crippen LogP) is 4.01. The average molecular weight is 235 g/mol. The minimum absolute atomic E-state index is 0.564. The quantitative estimate of drug-likeness (QED) is 0.770. The molecule has 0 radical (unpaired) electrons. The van der Waals surface area contributed by atoms with E-state index in [-0.39, 0.29) is 0 Å². The molecule has 0 unspecified atom stereocenters. The SMILES string of the molecule is C/C=C\C=C1/CCC(C2(O)CCCC2)=N1.CC. The van der Waals surface area contributed by atoms with Crippen molar-refractivity contribution in [2.75, 3.05) is 0 Å². The third-order valence-electron chi connectivity index (χ3n) is 3.35. The number of aliphatic imine (C=N–C) groups is 1. The number of allylic oxidation sites excluding steroid dienone is 4. The highest BCUT2D eigenvalue weighted by Gasteiger charge is 2.37. The molecule has 0 amide bonds. The van der Waals surface area contributed by atoms with Gasteiger partial charge in [-0.1, -0.05) is 38.8 Å². The first-order chi connectivity index (χ1) is 8.24. The standard InChI is InChI=1S/C13H19NO.C2H6/c1-2-3-6-11-7-8-12(14-11)13(15)9-4-5-10-13;1-2/h2-3,6,15H,4-5,7-10H2,1H3;1-2H3/b3-2-,11-6+;. The lowest BCUT2D eigenvalue weighted by molar-refractivity contribution is 0.119. The zero-order valence-electron chi connectivity index (χ0n) is 11.4. The molecule has 1 heterocycles. The topological polar surface area (TPSA) is 32.6 Å². The minimum Gasteiger partial charge on any atom is -0.384 e. The van der Waals surface area contributed by atoms with E-state index in [4.69, 9.17) is 0 Å². The van der Waals surface area contributed by atoms with Gasteiger partial charge in [-0.25, -0.2) is 0 Å². The second kappa shape index (κ2) is 6.75. The maximum absolute atomic E-state index is 10.4. The van der Waals surface area contributed by atoms with Gasteiger partial charge in [0.2, 0.25) is 0 Å². The first-order valence-electron chi connectivity index (χ1n) is 6.87. The van der Waals surface area contributed by atoms with E-state index >= 15 is 0 Å². The van der Waals surface area contributed by atoms with Crippen molar-refractivity contribution in [2.45, 2.75) is 64.9 Å². The van der Waals surface area contributed by atoms with E-state index in [0.717, 1.165) is 49.9 Å². The van der Waals surface area contributed by atoms with Gasteiger partial charge >= 0.3 is 0 Å². The van der Waals surface area contributed by atoms with Crippen molar-refractivity contribution < 1.29 is 5.11 Å². The van der Waals surface area contributed by atoms with Gasteiger partial charge in [0.1, 0.15) is 5.60 Å². The van der Waals surface area contributed by atoms with E-state index in [0.29, 0.717) is 0 Å². The molecule has 0 aromatic carbocycles. The van der Waals surface area contributed by atoms with Crippen molar-refractivity contribution in [3.05, 3.63) is 23.9 Å². The summed E-state index contributed by atoms with van der Waals surface area (Å²) in [7, 11) is 0. The lowest BCUT2D eigenvalue weighted by atomic mass is 9.94. The zero-order valence-corrected chi connectivity index (χ0v) is 11.4. The summed E-state index contributed by atoms with van der Waals surface area (Å²) in [4.78, 5) is 4.56. The van der Waals surface area contributed by atoms with E-state index in [1.54, 1.807) is 0 Å². The van der Waals surface area contributed by atoms with Crippen molar-refractivity contribution in [3.63, 3.8) is 0 Å². The number of hydrogen-bond donors (Lipinski definition) is 1. The first-order valence-corrected chi connectivity index (χ1v) is 6.87. The number of hydrogen-bond acceptors (Lipinski definition) is 2. The average Bonchev–Trinajstić information content (AvgIpc) is 2.99. The molecule has 0 saturated heterocycles. The Morgan fingerprint density at radius 1 is 1.18 bits per heavy atom. The summed E-state index contributed by atoms with van der Waals surface area (Å²) < 4.78 is 0. The van der Waals surface area contributed by atoms with Gasteiger partial charge in [0, 0.05) is 5.70 Å². The molecule has 2 heteroatoms. The van der Waals surface area contributed by atoms with Crippen LogP contribution in [0.15, 0.2) is 28.9 Å². The number of nitrogens with zero attached hydrogens (tertiary/aromatic N) is 1. The molecule has 1 N–H and O–H groups in total. The Hall–Kier alpha value is -0.890. The van der Waals surface area contributed by atoms with Gasteiger partial charge in [0.25, 0.3) is 0 Å². The third kappa shape index (κ3) is 3.53. The molecular formula is C15H25NO. The van der Waals surface area contributed by atoms with E-state index in [1.165, 1.54) is 0 Å². The smallest absolute Gasteiger partial charge is 0.103 e. The molecule has 96 valence electrons. The van der Waals surface area contributed by atoms with Gasteiger partial charge in [-0.3, -0.25) is 4.99 Å². The Balaban J connectivity index is 0.000000686. The maximum atomic E-state index is 10.4. The highest BCUT2D eigenvalue weighted by molar-refractivity contribution is 5.95. The van der Waals surface area contributed by atoms with Gasteiger partial charge in [0.15, 0.2) is 0 Å². The molecule has 0 atom stereocenters. The van der Waals surface area contributed by atoms with Crippen LogP contribution in [0.4, 0.5) is 0 Å². The van der Waals surface area contributed by atoms with Gasteiger partial charge in [-0.05, 0) is 38.7 Å². The highest BCUT2D eigenvalue weighted by atomic mass is 16.3. The zero-order chi connectivity index (χ0) is 12.7. The highest BCUT2D eigenvalue weighted by Crippen LogP contribution is 2.35. The van der Waals surface area contributed by atoms with E-state index in [1.807, 2.05) is 39.0 Å². The number of rotatable bonds is 2. The molecule has 17 heavy (non-hydrogen) atoms. The van der Waals surface area contributed by atoms with Crippen molar-refractivity contribution >= 4 is 5.71 Å². The fourth-order valence-corrected chi connectivity index (χ4v) is 2.44. The molecule has 1 aliphatic carbocycles. The van der Waals surface area contributed by atoms with Crippen molar-refractivity contribution in [3.8, 4) is 0 Å². The largest absolute Gasteiger partial charge is 0.384 e. The molecular weight excluding hydrogens is 210 g/mol. The first kappa shape index (κ1) is 14.2. The van der Waals surface area contributed by atoms with Crippen LogP contribution in [0.2, 0.25) is 0 Å². The van der Waals surface area contributed by atoms with Crippen LogP contribution in [0.25, 0.3) is 0 Å². The summed E-state index contributed by atoms with van der Waals surface area (Å²) in [6, 6.07) is 0. The Bertz CT molecular complexity index is 320. The molecule has 1 saturated carbocycles. The Morgan fingerprint density at radius 2 is 1.82 bits per heavy atom. The van der Waals surface area contributed by atoms with Crippen LogP contribution in [-0.2, 0) is 0 Å². The predicted molar refractivity (Wildman–Crippen MR) is 74.3 cm³/mol. The van der Waals surface area contributed by atoms with Crippen molar-refractivity contribution in [1.29, 1.82) is 0 Å². The Labute approximate surface area is 105 Å². The van der Waals surface area contributed by atoms with Crippen LogP contribution in [0.1, 0.15) is 59.3 Å². The monoisotopic (exact) mass is 235 g/mol. The van der Waals surface area contributed by atoms with Crippen molar-refractivity contribution in [1.82, 2.24) is 0 Å². The van der Waals surface area contributed by atoms with Gasteiger partial charge < -0.3 is 5.11 Å². The lowest BCUT2D eigenvalue weighted by Gasteiger charge is -2.21. The molecule has 0 aromatic heterocycles. The summed E-state index contributed by atoms with van der Waals surface area (Å²) in [6.45, 7) is 6.00. The van der Waals surface area contributed by atoms with Crippen LogP contribution in [-0.4, -0.2) is 16.4 Å². The van der Waals surface area contributed by atoms with Crippen LogP contribution in [0.3, 0.4) is 0 Å². The second-order valence-electron chi connectivity index (χ2n) is 4.48. The Morgan fingerprint density at radius 3 is 2.41 bits per heavy atom. The van der Waals surface area contributed by atoms with E-state index in [2.05, 4.69) is 4.99 Å². The summed E-state index contributed by atoms with van der Waals surface area (Å²) in [6.07, 6.45) is 12.1. The molecule has 2 aliphatic rings. The molecule has 2 rings (SSSR count). The summed E-state index contributed by atoms with van der Waals surface area (Å²) in [5, 5.41) is 10.4. The van der Waals surface area contributed by atoms with Crippen molar-refractivity contribution in [2.24, 2.45) is 4.99 Å². The lowest BCUT2D eigenvalue weighted by Crippen LogP contribution is -2.33. The maximum Gasteiger partial charge on any atom is 0.103 e. The van der Waals surface area contributed by atoms with Crippen LogP contribution >= 0.6 is 0 Å². The Kier molecular flexibility index (Phi) is 5.63. The summed E-state index contributed by atoms with van der Waals surface area (Å²) >= 11 is 0. The summed E-state index contributed by atoms with van der Waals surface area (Å²) in [5.41, 5.74) is 1.57. The molecule has 0 aromatic rings. The van der Waals surface area contributed by atoms with Gasteiger partial charge in [-0.2, -0.15) is 0 Å².